The molecule has 28 heavy (non-hydrogen) atoms. The molecule has 6 nitrogen and oxygen atoms in total. The first-order chi connectivity index (χ1) is 13.4. The van der Waals surface area contributed by atoms with Gasteiger partial charge in [-0.1, -0.05) is 18.2 Å². The van der Waals surface area contributed by atoms with Gasteiger partial charge < -0.3 is 10.2 Å². The van der Waals surface area contributed by atoms with Gasteiger partial charge in [0.1, 0.15) is 0 Å². The third kappa shape index (κ3) is 3.63. The molecule has 2 aromatic heterocycles. The van der Waals surface area contributed by atoms with E-state index in [1.807, 2.05) is 41.9 Å². The van der Waals surface area contributed by atoms with Gasteiger partial charge in [0.15, 0.2) is 0 Å². The van der Waals surface area contributed by atoms with Crippen LogP contribution in [0.4, 0.5) is 11.4 Å². The summed E-state index contributed by atoms with van der Waals surface area (Å²) in [4.78, 5) is 7.73. The maximum absolute atomic E-state index is 12.8. The van der Waals surface area contributed by atoms with Crippen molar-refractivity contribution in [3.05, 3.63) is 70.7 Å². The summed E-state index contributed by atoms with van der Waals surface area (Å²) in [5, 5.41) is 5.35. The lowest BCUT2D eigenvalue weighted by Gasteiger charge is -2.24. The summed E-state index contributed by atoms with van der Waals surface area (Å²) < 4.78 is 27.1. The van der Waals surface area contributed by atoms with E-state index in [0.717, 1.165) is 21.8 Å². The Hall–Kier alpha value is -2.42. The van der Waals surface area contributed by atoms with Crippen LogP contribution in [-0.4, -0.2) is 30.9 Å². The van der Waals surface area contributed by atoms with E-state index in [9.17, 15) is 8.42 Å². The minimum absolute atomic E-state index is 0.152. The number of anilines is 2. The second kappa shape index (κ2) is 7.54. The summed E-state index contributed by atoms with van der Waals surface area (Å²) in [7, 11) is -1.90. The van der Waals surface area contributed by atoms with Crippen LogP contribution in [0.3, 0.4) is 0 Å². The van der Waals surface area contributed by atoms with E-state index in [1.54, 1.807) is 36.7 Å². The maximum atomic E-state index is 12.8. The molecule has 3 heterocycles. The van der Waals surface area contributed by atoms with Crippen molar-refractivity contribution in [2.24, 2.45) is 0 Å². The molecule has 0 bridgehead atoms. The number of aromatic nitrogens is 1. The number of thiophene rings is 1. The molecule has 1 aliphatic heterocycles. The van der Waals surface area contributed by atoms with Gasteiger partial charge in [-0.3, -0.25) is 4.98 Å². The molecular formula is C20H22N4O2S2. The molecule has 0 spiro atoms. The summed E-state index contributed by atoms with van der Waals surface area (Å²) in [5.41, 5.74) is 3.18. The predicted molar refractivity (Wildman–Crippen MR) is 113 cm³/mol. The van der Waals surface area contributed by atoms with E-state index in [-0.39, 0.29) is 6.17 Å². The first-order valence-electron chi connectivity index (χ1n) is 9.00. The molecule has 1 atom stereocenters. The molecule has 8 heteroatoms. The predicted octanol–water partition coefficient (Wildman–Crippen LogP) is 3.74. The molecule has 0 aliphatic carbocycles. The molecular weight excluding hydrogens is 392 g/mol. The summed E-state index contributed by atoms with van der Waals surface area (Å²) in [6.07, 6.45) is 3.76. The smallest absolute Gasteiger partial charge is 0.243 e. The fraction of sp³-hybridized carbons (Fsp3) is 0.250. The minimum Gasteiger partial charge on any atom is -0.362 e. The van der Waals surface area contributed by atoms with Gasteiger partial charge in [-0.2, -0.15) is 4.31 Å². The second-order valence-corrected chi connectivity index (χ2v) is 9.90. The Kier molecular flexibility index (Phi) is 5.09. The van der Waals surface area contributed by atoms with Gasteiger partial charge in [0.05, 0.1) is 28.6 Å². The van der Waals surface area contributed by atoms with Gasteiger partial charge >= 0.3 is 0 Å². The number of sulfonamides is 1. The van der Waals surface area contributed by atoms with Crippen LogP contribution in [-0.2, 0) is 23.1 Å². The van der Waals surface area contributed by atoms with E-state index in [4.69, 9.17) is 0 Å². The maximum Gasteiger partial charge on any atom is 0.243 e. The van der Waals surface area contributed by atoms with Gasteiger partial charge in [0.2, 0.25) is 10.0 Å². The molecule has 0 radical (unpaired) electrons. The number of nitrogens with zero attached hydrogens (tertiary/aromatic N) is 3. The average Bonchev–Trinajstić information content (AvgIpc) is 3.30. The highest BCUT2D eigenvalue weighted by atomic mass is 32.2. The molecule has 1 N–H and O–H groups in total. The standard InChI is InChI=1S/C20H22N4O2S2/c1-15-22-19-12-21-10-9-20(19)24(15)13-16-5-7-18(8-6-16)28(25,26)23(2)14-17-4-3-11-27-17/h3-12,15,22H,13-14H2,1-2H3. The van der Waals surface area contributed by atoms with Crippen molar-refractivity contribution in [3.63, 3.8) is 0 Å². The highest BCUT2D eigenvalue weighted by molar-refractivity contribution is 7.89. The van der Waals surface area contributed by atoms with Crippen LogP contribution in [0.1, 0.15) is 17.4 Å². The van der Waals surface area contributed by atoms with Gasteiger partial charge in [-0.25, -0.2) is 8.42 Å². The highest BCUT2D eigenvalue weighted by Crippen LogP contribution is 2.34. The first-order valence-corrected chi connectivity index (χ1v) is 11.3. The highest BCUT2D eigenvalue weighted by Gasteiger charge is 2.26. The molecule has 0 saturated heterocycles. The van der Waals surface area contributed by atoms with Gasteiger partial charge in [0.25, 0.3) is 0 Å². The van der Waals surface area contributed by atoms with Crippen LogP contribution in [0.5, 0.6) is 0 Å². The van der Waals surface area contributed by atoms with Crippen molar-refractivity contribution in [1.29, 1.82) is 0 Å². The first kappa shape index (κ1) is 18.9. The Balaban J connectivity index is 1.49. The second-order valence-electron chi connectivity index (χ2n) is 6.83. The molecule has 1 aliphatic rings. The van der Waals surface area contributed by atoms with Crippen LogP contribution in [0.25, 0.3) is 0 Å². The molecule has 4 rings (SSSR count). The zero-order valence-electron chi connectivity index (χ0n) is 15.7. The van der Waals surface area contributed by atoms with Crippen LogP contribution >= 0.6 is 11.3 Å². The van der Waals surface area contributed by atoms with Crippen LogP contribution < -0.4 is 10.2 Å². The van der Waals surface area contributed by atoms with E-state index in [0.29, 0.717) is 18.0 Å². The normalized spacial score (nSPS) is 16.2. The van der Waals surface area contributed by atoms with Crippen LogP contribution in [0, 0.1) is 0 Å². The van der Waals surface area contributed by atoms with Crippen molar-refractivity contribution in [3.8, 4) is 0 Å². The van der Waals surface area contributed by atoms with E-state index in [2.05, 4.69) is 22.1 Å². The fourth-order valence-electron chi connectivity index (χ4n) is 3.33. The van der Waals surface area contributed by atoms with Gasteiger partial charge in [-0.15, -0.1) is 11.3 Å². The Bertz CT molecular complexity index is 1050. The fourth-order valence-corrected chi connectivity index (χ4v) is 5.32. The number of nitrogens with one attached hydrogen (secondary N) is 1. The Morgan fingerprint density at radius 3 is 2.71 bits per heavy atom. The monoisotopic (exact) mass is 414 g/mol. The zero-order valence-corrected chi connectivity index (χ0v) is 17.4. The van der Waals surface area contributed by atoms with Crippen molar-refractivity contribution in [2.45, 2.75) is 31.1 Å². The molecule has 1 aromatic carbocycles. The molecule has 0 amide bonds. The summed E-state index contributed by atoms with van der Waals surface area (Å²) in [6, 6.07) is 13.0. The number of pyridine rings is 1. The Morgan fingerprint density at radius 1 is 1.21 bits per heavy atom. The quantitative estimate of drug-likeness (QED) is 0.666. The zero-order chi connectivity index (χ0) is 19.7. The summed E-state index contributed by atoms with van der Waals surface area (Å²) >= 11 is 1.56. The van der Waals surface area contributed by atoms with Crippen LogP contribution in [0.2, 0.25) is 0 Å². The molecule has 0 fully saturated rings. The number of hydrogen-bond acceptors (Lipinski definition) is 6. The number of rotatable bonds is 6. The van der Waals surface area contributed by atoms with E-state index >= 15 is 0 Å². The largest absolute Gasteiger partial charge is 0.362 e. The van der Waals surface area contributed by atoms with Crippen molar-refractivity contribution < 1.29 is 8.42 Å². The average molecular weight is 415 g/mol. The van der Waals surface area contributed by atoms with Gasteiger partial charge in [0, 0.05) is 31.2 Å². The number of benzene rings is 1. The van der Waals surface area contributed by atoms with Crippen molar-refractivity contribution >= 4 is 32.7 Å². The Labute approximate surface area is 169 Å². The van der Waals surface area contributed by atoms with Gasteiger partial charge in [-0.05, 0) is 42.1 Å². The summed E-state index contributed by atoms with van der Waals surface area (Å²) in [6.45, 7) is 3.17. The van der Waals surface area contributed by atoms with Crippen LogP contribution in [0.15, 0.2) is 65.1 Å². The lowest BCUT2D eigenvalue weighted by atomic mass is 10.2. The van der Waals surface area contributed by atoms with E-state index in [1.165, 1.54) is 4.31 Å². The Morgan fingerprint density at radius 2 is 2.00 bits per heavy atom. The topological polar surface area (TPSA) is 65.5 Å². The minimum atomic E-state index is -3.51. The molecule has 1 unspecified atom stereocenters. The summed E-state index contributed by atoms with van der Waals surface area (Å²) in [5.74, 6) is 0. The third-order valence-corrected chi connectivity index (χ3v) is 7.56. The molecule has 146 valence electrons. The number of hydrogen-bond donors (Lipinski definition) is 1. The third-order valence-electron chi connectivity index (χ3n) is 4.88. The number of fused-ring (bicyclic) bond motifs is 1. The van der Waals surface area contributed by atoms with Crippen molar-refractivity contribution in [2.75, 3.05) is 17.3 Å². The van der Waals surface area contributed by atoms with Crippen molar-refractivity contribution in [1.82, 2.24) is 9.29 Å². The lowest BCUT2D eigenvalue weighted by molar-refractivity contribution is 0.469. The molecule has 3 aromatic rings. The van der Waals surface area contributed by atoms with E-state index < -0.39 is 10.0 Å². The molecule has 0 saturated carbocycles. The SMILES string of the molecule is CC1Nc2cnccc2N1Cc1ccc(S(=O)(=O)N(C)Cc2cccs2)cc1. The lowest BCUT2D eigenvalue weighted by Crippen LogP contribution is -2.32.